The summed E-state index contributed by atoms with van der Waals surface area (Å²) < 4.78 is 5.82. The lowest BCUT2D eigenvalue weighted by Gasteiger charge is -2.37. The van der Waals surface area contributed by atoms with Gasteiger partial charge in [-0.15, -0.1) is 0 Å². The van der Waals surface area contributed by atoms with Crippen molar-refractivity contribution in [1.29, 1.82) is 0 Å². The van der Waals surface area contributed by atoms with E-state index in [0.29, 0.717) is 23.5 Å². The van der Waals surface area contributed by atoms with Crippen LogP contribution >= 0.6 is 11.6 Å². The lowest BCUT2D eigenvalue weighted by atomic mass is 9.84. The third-order valence-electron chi connectivity index (χ3n) is 5.68. The Kier molecular flexibility index (Phi) is 5.19. The number of carbonyl (C=O) groups excluding carboxylic acids is 1. The van der Waals surface area contributed by atoms with Gasteiger partial charge >= 0.3 is 5.97 Å². The van der Waals surface area contributed by atoms with Crippen LogP contribution in [0.1, 0.15) is 38.2 Å². The molecule has 0 aliphatic carbocycles. The van der Waals surface area contributed by atoms with Crippen molar-refractivity contribution in [2.75, 3.05) is 13.7 Å². The average molecular weight is 352 g/mol. The van der Waals surface area contributed by atoms with Crippen LogP contribution in [0.5, 0.6) is 0 Å². The van der Waals surface area contributed by atoms with Crippen LogP contribution in [0.4, 0.5) is 0 Å². The van der Waals surface area contributed by atoms with Gasteiger partial charge in [-0.2, -0.15) is 0 Å². The second-order valence-corrected chi connectivity index (χ2v) is 8.01. The van der Waals surface area contributed by atoms with E-state index in [1.807, 2.05) is 12.1 Å². The maximum Gasteiger partial charge on any atom is 0.314 e. The monoisotopic (exact) mass is 351 g/mol. The van der Waals surface area contributed by atoms with Crippen LogP contribution in [0, 0.1) is 5.41 Å². The van der Waals surface area contributed by atoms with Gasteiger partial charge in [0.05, 0.1) is 12.0 Å². The zero-order valence-corrected chi connectivity index (χ0v) is 15.1. The van der Waals surface area contributed by atoms with Gasteiger partial charge < -0.3 is 14.7 Å². The fraction of sp³-hybridized carbons (Fsp3) is 0.632. The quantitative estimate of drug-likeness (QED) is 0.828. The van der Waals surface area contributed by atoms with E-state index >= 15 is 0 Å². The van der Waals surface area contributed by atoms with Crippen LogP contribution in [-0.4, -0.2) is 47.8 Å². The first-order chi connectivity index (χ1) is 11.4. The number of ether oxygens (including phenoxy) is 1. The minimum Gasteiger partial charge on any atom is -0.462 e. The summed E-state index contributed by atoms with van der Waals surface area (Å²) in [6, 6.07) is 8.43. The van der Waals surface area contributed by atoms with Crippen molar-refractivity contribution in [2.24, 2.45) is 5.41 Å². The molecule has 1 aromatic rings. The Balaban J connectivity index is 1.64. The highest BCUT2D eigenvalue weighted by atomic mass is 35.5. The van der Waals surface area contributed by atoms with Gasteiger partial charge in [-0.1, -0.05) is 23.7 Å². The van der Waals surface area contributed by atoms with Crippen LogP contribution in [0.3, 0.4) is 0 Å². The molecule has 0 amide bonds. The Morgan fingerprint density at radius 1 is 1.29 bits per heavy atom. The molecule has 2 heterocycles. The first-order valence-electron chi connectivity index (χ1n) is 8.69. The number of benzene rings is 1. The number of halogens is 1. The number of carbonyl (C=O) groups is 1. The summed E-state index contributed by atoms with van der Waals surface area (Å²) in [5.74, 6) is -0.297. The maximum absolute atomic E-state index is 12.7. The summed E-state index contributed by atoms with van der Waals surface area (Å²) in [5, 5.41) is 10.5. The molecule has 2 aliphatic rings. The highest BCUT2D eigenvalue weighted by molar-refractivity contribution is 6.30. The van der Waals surface area contributed by atoms with E-state index in [9.17, 15) is 9.90 Å². The van der Waals surface area contributed by atoms with Gasteiger partial charge in [0.2, 0.25) is 0 Å². The minimum atomic E-state index is -0.920. The summed E-state index contributed by atoms with van der Waals surface area (Å²) in [6.45, 7) is 1.54. The zero-order chi connectivity index (χ0) is 17.3. The lowest BCUT2D eigenvalue weighted by molar-refractivity contribution is -0.166. The summed E-state index contributed by atoms with van der Waals surface area (Å²) in [4.78, 5) is 15.1. The number of aliphatic hydroxyl groups is 1. The van der Waals surface area contributed by atoms with Gasteiger partial charge in [-0.3, -0.25) is 4.79 Å². The predicted molar refractivity (Wildman–Crippen MR) is 94.0 cm³/mol. The molecular weight excluding hydrogens is 326 g/mol. The third kappa shape index (κ3) is 3.61. The highest BCUT2D eigenvalue weighted by Crippen LogP contribution is 2.36. The van der Waals surface area contributed by atoms with E-state index < -0.39 is 5.41 Å². The van der Waals surface area contributed by atoms with Gasteiger partial charge in [0.25, 0.3) is 0 Å². The molecule has 24 heavy (non-hydrogen) atoms. The molecule has 0 saturated carbocycles. The number of aliphatic hydroxyl groups excluding tert-OH is 1. The van der Waals surface area contributed by atoms with E-state index in [4.69, 9.17) is 16.3 Å². The van der Waals surface area contributed by atoms with E-state index in [1.54, 1.807) is 19.1 Å². The predicted octanol–water partition coefficient (Wildman–Crippen LogP) is 3.05. The van der Waals surface area contributed by atoms with Gasteiger partial charge in [-0.05, 0) is 63.8 Å². The number of piperidine rings is 1. The standard InChI is InChI=1S/C19H26ClNO3/c1-19(12-22,11-13-3-5-14(20)6-4-13)18(23)24-17-9-15-7-8-16(10-17)21(15)2/h3-6,15-17,22H,7-12H2,1-2H3. The van der Waals surface area contributed by atoms with Crippen molar-refractivity contribution in [2.45, 2.75) is 57.2 Å². The minimum absolute atomic E-state index is 0.0257. The number of hydrogen-bond donors (Lipinski definition) is 1. The molecule has 2 saturated heterocycles. The Labute approximate surface area is 148 Å². The summed E-state index contributed by atoms with van der Waals surface area (Å²) in [6.07, 6.45) is 4.61. The van der Waals surface area contributed by atoms with Crippen molar-refractivity contribution in [3.63, 3.8) is 0 Å². The highest BCUT2D eigenvalue weighted by Gasteiger charge is 2.42. The van der Waals surface area contributed by atoms with Gasteiger partial charge in [-0.25, -0.2) is 0 Å². The molecule has 2 fully saturated rings. The maximum atomic E-state index is 12.7. The molecule has 0 radical (unpaired) electrons. The van der Waals surface area contributed by atoms with Crippen molar-refractivity contribution in [3.8, 4) is 0 Å². The molecule has 0 aromatic heterocycles. The number of hydrogen-bond acceptors (Lipinski definition) is 4. The van der Waals surface area contributed by atoms with Crippen LogP contribution in [0.15, 0.2) is 24.3 Å². The molecule has 2 aliphatic heterocycles. The molecule has 2 bridgehead atoms. The molecule has 1 N–H and O–H groups in total. The Morgan fingerprint density at radius 2 is 1.88 bits per heavy atom. The molecule has 3 atom stereocenters. The topological polar surface area (TPSA) is 49.8 Å². The molecule has 3 unspecified atom stereocenters. The third-order valence-corrected chi connectivity index (χ3v) is 5.93. The van der Waals surface area contributed by atoms with Crippen LogP contribution < -0.4 is 0 Å². The van der Waals surface area contributed by atoms with Gasteiger partial charge in [0.1, 0.15) is 6.10 Å². The fourth-order valence-corrected chi connectivity index (χ4v) is 4.12. The molecular formula is C19H26ClNO3. The Hall–Kier alpha value is -1.10. The van der Waals surface area contributed by atoms with E-state index in [1.165, 1.54) is 12.8 Å². The van der Waals surface area contributed by atoms with Gasteiger partial charge in [0.15, 0.2) is 0 Å². The van der Waals surface area contributed by atoms with Crippen LogP contribution in [-0.2, 0) is 16.0 Å². The first-order valence-corrected chi connectivity index (χ1v) is 9.07. The van der Waals surface area contributed by atoms with Crippen molar-refractivity contribution in [1.82, 2.24) is 4.90 Å². The van der Waals surface area contributed by atoms with Crippen molar-refractivity contribution >= 4 is 17.6 Å². The number of nitrogens with zero attached hydrogens (tertiary/aromatic N) is 1. The lowest BCUT2D eigenvalue weighted by Crippen LogP contribution is -2.45. The summed E-state index contributed by atoms with van der Waals surface area (Å²) in [7, 11) is 2.17. The van der Waals surface area contributed by atoms with Crippen LogP contribution in [0.25, 0.3) is 0 Å². The first kappa shape index (κ1) is 17.7. The second kappa shape index (κ2) is 7.03. The molecule has 4 nitrogen and oxygen atoms in total. The zero-order valence-electron chi connectivity index (χ0n) is 14.4. The number of rotatable bonds is 5. The number of esters is 1. The molecule has 1 aromatic carbocycles. The SMILES string of the molecule is CN1C2CCC1CC(OC(=O)C(C)(CO)Cc1ccc(Cl)cc1)C2. The molecule has 132 valence electrons. The van der Waals surface area contributed by atoms with Gasteiger partial charge in [0, 0.05) is 17.1 Å². The normalized spacial score (nSPS) is 29.2. The molecule has 0 spiro atoms. The van der Waals surface area contributed by atoms with E-state index in [2.05, 4.69) is 11.9 Å². The Morgan fingerprint density at radius 3 is 2.42 bits per heavy atom. The smallest absolute Gasteiger partial charge is 0.314 e. The second-order valence-electron chi connectivity index (χ2n) is 7.57. The average Bonchev–Trinajstić information content (AvgIpc) is 2.78. The molecule has 5 heteroatoms. The largest absolute Gasteiger partial charge is 0.462 e. The summed E-state index contributed by atoms with van der Waals surface area (Å²) >= 11 is 5.91. The van der Waals surface area contributed by atoms with Crippen LogP contribution in [0.2, 0.25) is 5.02 Å². The van der Waals surface area contributed by atoms with E-state index in [-0.39, 0.29) is 18.7 Å². The van der Waals surface area contributed by atoms with Crippen molar-refractivity contribution < 1.29 is 14.6 Å². The summed E-state index contributed by atoms with van der Waals surface area (Å²) in [5.41, 5.74) is 0.0484. The molecule has 3 rings (SSSR count). The Bertz CT molecular complexity index is 577. The van der Waals surface area contributed by atoms with Crippen molar-refractivity contribution in [3.05, 3.63) is 34.9 Å². The fourth-order valence-electron chi connectivity index (χ4n) is 4.00. The van der Waals surface area contributed by atoms with E-state index in [0.717, 1.165) is 18.4 Å². The number of fused-ring (bicyclic) bond motifs is 2.